The molecule has 4 aromatic rings. The fraction of sp³-hybridized carbons (Fsp3) is 0.174. The highest BCUT2D eigenvalue weighted by molar-refractivity contribution is 8.00. The third kappa shape index (κ3) is 3.89. The first kappa shape index (κ1) is 19.2. The molecule has 29 heavy (non-hydrogen) atoms. The second-order valence-electron chi connectivity index (χ2n) is 6.57. The Labute approximate surface area is 173 Å². The lowest BCUT2D eigenvalue weighted by Crippen LogP contribution is -2.22. The summed E-state index contributed by atoms with van der Waals surface area (Å²) in [5.74, 6) is 1.27. The molecule has 0 saturated heterocycles. The number of methoxy groups -OCH3 is 2. The van der Waals surface area contributed by atoms with Crippen molar-refractivity contribution in [3.63, 3.8) is 0 Å². The molecule has 5 nitrogen and oxygen atoms in total. The summed E-state index contributed by atoms with van der Waals surface area (Å²) in [7, 11) is 3.22. The van der Waals surface area contributed by atoms with Crippen molar-refractivity contribution in [1.29, 1.82) is 0 Å². The van der Waals surface area contributed by atoms with E-state index in [2.05, 4.69) is 5.32 Å². The summed E-state index contributed by atoms with van der Waals surface area (Å²) in [5, 5.41) is 4.65. The molecule has 148 valence electrons. The van der Waals surface area contributed by atoms with Gasteiger partial charge in [-0.3, -0.25) is 4.79 Å². The van der Waals surface area contributed by atoms with Crippen LogP contribution < -0.4 is 14.8 Å². The van der Waals surface area contributed by atoms with E-state index in [-0.39, 0.29) is 11.2 Å². The van der Waals surface area contributed by atoms with Gasteiger partial charge in [-0.15, -0.1) is 11.8 Å². The smallest absolute Gasteiger partial charge is 0.237 e. The zero-order valence-electron chi connectivity index (χ0n) is 16.4. The maximum atomic E-state index is 12.8. The topological polar surface area (TPSA) is 60.7 Å². The summed E-state index contributed by atoms with van der Waals surface area (Å²) in [6, 6.07) is 19.2. The van der Waals surface area contributed by atoms with Crippen LogP contribution in [0, 0.1) is 0 Å². The van der Waals surface area contributed by atoms with Crippen LogP contribution in [0.4, 0.5) is 5.69 Å². The number of furan rings is 1. The van der Waals surface area contributed by atoms with Gasteiger partial charge in [0.1, 0.15) is 22.7 Å². The van der Waals surface area contributed by atoms with Crippen molar-refractivity contribution in [2.45, 2.75) is 17.1 Å². The van der Waals surface area contributed by atoms with Crippen molar-refractivity contribution >= 4 is 45.3 Å². The highest BCUT2D eigenvalue weighted by Gasteiger charge is 2.18. The minimum atomic E-state index is -0.292. The van der Waals surface area contributed by atoms with Crippen molar-refractivity contribution in [2.75, 3.05) is 19.5 Å². The fourth-order valence-corrected chi connectivity index (χ4v) is 4.03. The van der Waals surface area contributed by atoms with Gasteiger partial charge in [-0.2, -0.15) is 0 Å². The predicted molar refractivity (Wildman–Crippen MR) is 117 cm³/mol. The number of fused-ring (bicyclic) bond motifs is 3. The highest BCUT2D eigenvalue weighted by Crippen LogP contribution is 2.37. The third-order valence-electron chi connectivity index (χ3n) is 4.70. The lowest BCUT2D eigenvalue weighted by Gasteiger charge is -2.14. The Morgan fingerprint density at radius 1 is 0.966 bits per heavy atom. The maximum absolute atomic E-state index is 12.8. The van der Waals surface area contributed by atoms with E-state index in [1.54, 1.807) is 14.2 Å². The first-order valence-corrected chi connectivity index (χ1v) is 10.1. The highest BCUT2D eigenvalue weighted by atomic mass is 32.2. The zero-order valence-corrected chi connectivity index (χ0v) is 17.2. The van der Waals surface area contributed by atoms with Gasteiger partial charge in [0.05, 0.1) is 25.2 Å². The van der Waals surface area contributed by atoms with Crippen LogP contribution in [0.25, 0.3) is 21.9 Å². The summed E-state index contributed by atoms with van der Waals surface area (Å²) < 4.78 is 16.6. The maximum Gasteiger partial charge on any atom is 0.237 e. The quantitative estimate of drug-likeness (QED) is 0.414. The summed E-state index contributed by atoms with van der Waals surface area (Å²) in [5.41, 5.74) is 2.10. The van der Waals surface area contributed by atoms with Gasteiger partial charge in [0, 0.05) is 21.7 Å². The number of hydrogen-bond acceptors (Lipinski definition) is 5. The average molecular weight is 407 g/mol. The van der Waals surface area contributed by atoms with Crippen molar-refractivity contribution < 1.29 is 18.7 Å². The van der Waals surface area contributed by atoms with Gasteiger partial charge in [-0.05, 0) is 43.3 Å². The Balaban J connectivity index is 1.56. The molecule has 0 fully saturated rings. The van der Waals surface area contributed by atoms with Crippen molar-refractivity contribution in [3.8, 4) is 11.5 Å². The number of para-hydroxylation sites is 1. The molecule has 0 spiro atoms. The zero-order chi connectivity index (χ0) is 20.4. The van der Waals surface area contributed by atoms with Crippen LogP contribution in [0.2, 0.25) is 0 Å². The molecule has 0 aliphatic heterocycles. The largest absolute Gasteiger partial charge is 0.497 e. The molecule has 6 heteroatoms. The van der Waals surface area contributed by atoms with Gasteiger partial charge in [-0.1, -0.05) is 18.2 Å². The van der Waals surface area contributed by atoms with Gasteiger partial charge in [0.2, 0.25) is 5.91 Å². The Kier molecular flexibility index (Phi) is 5.36. The number of thioether (sulfide) groups is 1. The van der Waals surface area contributed by atoms with Crippen LogP contribution >= 0.6 is 11.8 Å². The number of nitrogens with one attached hydrogen (secondary N) is 1. The molecule has 1 aromatic heterocycles. The van der Waals surface area contributed by atoms with Crippen molar-refractivity contribution in [1.82, 2.24) is 0 Å². The summed E-state index contributed by atoms with van der Waals surface area (Å²) in [6.45, 7) is 1.87. The van der Waals surface area contributed by atoms with E-state index < -0.39 is 0 Å². The van der Waals surface area contributed by atoms with E-state index in [4.69, 9.17) is 13.9 Å². The molecule has 4 rings (SSSR count). The number of carbonyl (C=O) groups is 1. The van der Waals surface area contributed by atoms with Gasteiger partial charge in [0.25, 0.3) is 0 Å². The van der Waals surface area contributed by atoms with Crippen molar-refractivity contribution in [2.24, 2.45) is 0 Å². The Morgan fingerprint density at radius 2 is 1.72 bits per heavy atom. The SMILES string of the molecule is COc1ccc(S[C@H](C)C(=O)Nc2cc3oc4ccccc4c3cc2OC)cc1. The molecule has 0 aliphatic rings. The second-order valence-corrected chi connectivity index (χ2v) is 7.99. The van der Waals surface area contributed by atoms with Crippen LogP contribution in [0.3, 0.4) is 0 Å². The van der Waals surface area contributed by atoms with E-state index in [0.29, 0.717) is 17.0 Å². The number of ether oxygens (including phenoxy) is 2. The Bertz CT molecular complexity index is 1170. The van der Waals surface area contributed by atoms with E-state index in [9.17, 15) is 4.79 Å². The number of anilines is 1. The number of hydrogen-bond donors (Lipinski definition) is 1. The van der Waals surface area contributed by atoms with E-state index >= 15 is 0 Å². The average Bonchev–Trinajstić information content (AvgIpc) is 3.11. The Hall–Kier alpha value is -3.12. The molecular weight excluding hydrogens is 386 g/mol. The summed E-state index contributed by atoms with van der Waals surface area (Å²) in [4.78, 5) is 13.8. The van der Waals surface area contributed by atoms with Crippen molar-refractivity contribution in [3.05, 3.63) is 60.7 Å². The second kappa shape index (κ2) is 8.09. The molecule has 0 unspecified atom stereocenters. The molecule has 1 amide bonds. The van der Waals surface area contributed by atoms with E-state index in [0.717, 1.165) is 27.0 Å². The van der Waals surface area contributed by atoms with E-state index in [1.165, 1.54) is 11.8 Å². The molecule has 0 saturated carbocycles. The van der Waals surface area contributed by atoms with Crippen LogP contribution in [-0.2, 0) is 4.79 Å². The first-order chi connectivity index (χ1) is 14.1. The van der Waals surface area contributed by atoms with Crippen LogP contribution in [0.5, 0.6) is 11.5 Å². The standard InChI is InChI=1S/C23H21NO4S/c1-14(29-16-10-8-15(26-2)9-11-16)23(25)24-19-13-21-18(12-22(19)27-3)17-6-4-5-7-20(17)28-21/h4-14H,1-3H3,(H,24,25)/t14-/m1/s1. The van der Waals surface area contributed by atoms with Gasteiger partial charge in [0.15, 0.2) is 0 Å². The molecular formula is C23H21NO4S. The normalized spacial score (nSPS) is 12.1. The first-order valence-electron chi connectivity index (χ1n) is 9.20. The number of amides is 1. The van der Waals surface area contributed by atoms with Gasteiger partial charge < -0.3 is 19.2 Å². The van der Waals surface area contributed by atoms with Crippen LogP contribution in [0.15, 0.2) is 70.0 Å². The van der Waals surface area contributed by atoms with Gasteiger partial charge >= 0.3 is 0 Å². The molecule has 3 aromatic carbocycles. The van der Waals surface area contributed by atoms with Crippen LogP contribution in [0.1, 0.15) is 6.92 Å². The molecule has 0 bridgehead atoms. The van der Waals surface area contributed by atoms with Gasteiger partial charge in [-0.25, -0.2) is 0 Å². The lowest BCUT2D eigenvalue weighted by molar-refractivity contribution is -0.115. The minimum Gasteiger partial charge on any atom is -0.497 e. The Morgan fingerprint density at radius 3 is 2.45 bits per heavy atom. The number of benzene rings is 3. The molecule has 0 aliphatic carbocycles. The summed E-state index contributed by atoms with van der Waals surface area (Å²) >= 11 is 1.48. The minimum absolute atomic E-state index is 0.112. The molecule has 1 heterocycles. The molecule has 0 radical (unpaired) electrons. The molecule has 1 N–H and O–H groups in total. The predicted octanol–water partition coefficient (Wildman–Crippen LogP) is 5.72. The lowest BCUT2D eigenvalue weighted by atomic mass is 10.1. The molecule has 1 atom stereocenters. The number of rotatable bonds is 6. The monoisotopic (exact) mass is 407 g/mol. The summed E-state index contributed by atoms with van der Waals surface area (Å²) in [6.07, 6.45) is 0. The number of carbonyl (C=O) groups excluding carboxylic acids is 1. The third-order valence-corrected chi connectivity index (χ3v) is 5.81. The fourth-order valence-electron chi connectivity index (χ4n) is 3.16. The van der Waals surface area contributed by atoms with E-state index in [1.807, 2.05) is 67.6 Å². The van der Waals surface area contributed by atoms with Crippen LogP contribution in [-0.4, -0.2) is 25.4 Å².